The van der Waals surface area contributed by atoms with E-state index in [1.165, 1.54) is 16.7 Å². The number of aromatic nitrogens is 2. The fourth-order valence-corrected chi connectivity index (χ4v) is 4.61. The van der Waals surface area contributed by atoms with Gasteiger partial charge in [0.05, 0.1) is 25.5 Å². The van der Waals surface area contributed by atoms with E-state index in [0.29, 0.717) is 43.4 Å². The van der Waals surface area contributed by atoms with Crippen molar-refractivity contribution in [1.82, 2.24) is 14.7 Å². The van der Waals surface area contributed by atoms with Gasteiger partial charge in [-0.2, -0.15) is 5.26 Å². The molecule has 0 radical (unpaired) electrons. The summed E-state index contributed by atoms with van der Waals surface area (Å²) in [6.07, 6.45) is 4.49. The van der Waals surface area contributed by atoms with E-state index in [4.69, 9.17) is 14.1 Å². The summed E-state index contributed by atoms with van der Waals surface area (Å²) in [7, 11) is 1.64. The minimum atomic E-state index is -0.599. The second-order valence-corrected chi connectivity index (χ2v) is 9.14. The predicted octanol–water partition coefficient (Wildman–Crippen LogP) is 3.15. The number of amides is 1. The number of pyridine rings is 1. The molecule has 1 N–H and O–H groups in total. The first-order valence-corrected chi connectivity index (χ1v) is 12.6. The molecule has 0 saturated carbocycles. The third-order valence-corrected chi connectivity index (χ3v) is 6.74. The first kappa shape index (κ1) is 25.6. The van der Waals surface area contributed by atoms with Crippen LogP contribution in [0.3, 0.4) is 0 Å². The number of piperazine rings is 1. The maximum atomic E-state index is 13.7. The predicted molar refractivity (Wildman–Crippen MR) is 148 cm³/mol. The number of methoxy groups -OCH3 is 1. The van der Waals surface area contributed by atoms with Gasteiger partial charge in [-0.05, 0) is 61.0 Å². The molecule has 4 aromatic rings. The molecular weight excluding hydrogens is 496 g/mol. The Morgan fingerprint density at radius 2 is 1.87 bits per heavy atom. The summed E-state index contributed by atoms with van der Waals surface area (Å²) in [4.78, 5) is 35.7. The number of ether oxygens (including phenoxy) is 1. The molecule has 1 aliphatic heterocycles. The number of nitrogens with zero attached hydrogens (tertiary/aromatic N) is 5. The number of carbonyl (C=O) groups is 1. The quantitative estimate of drug-likeness (QED) is 0.290. The van der Waals surface area contributed by atoms with Gasteiger partial charge in [-0.25, -0.2) is 4.98 Å². The summed E-state index contributed by atoms with van der Waals surface area (Å²) in [5, 5.41) is 12.5. The molecule has 0 unspecified atom stereocenters. The van der Waals surface area contributed by atoms with E-state index >= 15 is 0 Å². The van der Waals surface area contributed by atoms with Gasteiger partial charge in [0, 0.05) is 38.1 Å². The summed E-state index contributed by atoms with van der Waals surface area (Å²) >= 11 is 0. The molecule has 0 aliphatic carbocycles. The SMILES string of the molecule is COc1ccc(N2CCN(c3nc4c(C)cccn4c(=O)c3/C=C(\C#N)C(=O)NCc3ccco3)CC2)cc1. The van der Waals surface area contributed by atoms with Gasteiger partial charge in [0.1, 0.15) is 34.6 Å². The van der Waals surface area contributed by atoms with Crippen LogP contribution in [0.2, 0.25) is 0 Å². The zero-order chi connectivity index (χ0) is 27.4. The number of rotatable bonds is 7. The van der Waals surface area contributed by atoms with Crippen molar-refractivity contribution in [2.45, 2.75) is 13.5 Å². The van der Waals surface area contributed by atoms with Gasteiger partial charge in [-0.15, -0.1) is 0 Å². The summed E-state index contributed by atoms with van der Waals surface area (Å²) in [5.74, 6) is 1.21. The van der Waals surface area contributed by atoms with Crippen molar-refractivity contribution >= 4 is 29.1 Å². The number of fused-ring (bicyclic) bond motifs is 1. The van der Waals surface area contributed by atoms with E-state index < -0.39 is 5.91 Å². The van der Waals surface area contributed by atoms with Crippen LogP contribution in [0.25, 0.3) is 11.7 Å². The van der Waals surface area contributed by atoms with Crippen LogP contribution in [0.15, 0.2) is 75.8 Å². The Bertz CT molecular complexity index is 1610. The average Bonchev–Trinajstić information content (AvgIpc) is 3.50. The van der Waals surface area contributed by atoms with Gasteiger partial charge in [0.2, 0.25) is 0 Å². The van der Waals surface area contributed by atoms with Crippen LogP contribution in [0.4, 0.5) is 11.5 Å². The second kappa shape index (κ2) is 11.1. The van der Waals surface area contributed by atoms with Crippen LogP contribution in [0.1, 0.15) is 16.9 Å². The molecule has 1 fully saturated rings. The number of hydrogen-bond donors (Lipinski definition) is 1. The van der Waals surface area contributed by atoms with Crippen LogP contribution in [0.5, 0.6) is 5.75 Å². The number of furan rings is 1. The molecule has 0 spiro atoms. The number of anilines is 2. The lowest BCUT2D eigenvalue weighted by Gasteiger charge is -2.37. The Hall–Kier alpha value is -5.04. The number of nitrogens with one attached hydrogen (secondary N) is 1. The Morgan fingerprint density at radius 3 is 2.54 bits per heavy atom. The molecule has 0 bridgehead atoms. The maximum absolute atomic E-state index is 13.7. The first-order chi connectivity index (χ1) is 19.0. The smallest absolute Gasteiger partial charge is 0.267 e. The van der Waals surface area contributed by atoms with Crippen LogP contribution < -0.4 is 25.4 Å². The lowest BCUT2D eigenvalue weighted by atomic mass is 10.1. The van der Waals surface area contributed by atoms with Crippen LogP contribution in [0, 0.1) is 18.3 Å². The van der Waals surface area contributed by atoms with Crippen LogP contribution in [-0.4, -0.2) is 48.6 Å². The molecule has 39 heavy (non-hydrogen) atoms. The highest BCUT2D eigenvalue weighted by Gasteiger charge is 2.24. The van der Waals surface area contributed by atoms with Crippen LogP contribution in [-0.2, 0) is 11.3 Å². The van der Waals surface area contributed by atoms with Crippen molar-refractivity contribution in [3.8, 4) is 11.8 Å². The molecule has 1 saturated heterocycles. The molecule has 1 aliphatic rings. The fraction of sp³-hybridized carbons (Fsp3) is 0.241. The average molecular weight is 525 g/mol. The highest BCUT2D eigenvalue weighted by Crippen LogP contribution is 2.25. The number of aryl methyl sites for hydroxylation is 1. The highest BCUT2D eigenvalue weighted by molar-refractivity contribution is 6.02. The van der Waals surface area contributed by atoms with E-state index in [0.717, 1.165) is 17.0 Å². The van der Waals surface area contributed by atoms with E-state index in [9.17, 15) is 14.9 Å². The monoisotopic (exact) mass is 524 g/mol. The largest absolute Gasteiger partial charge is 0.497 e. The summed E-state index contributed by atoms with van der Waals surface area (Å²) < 4.78 is 12.0. The van der Waals surface area contributed by atoms with E-state index in [1.54, 1.807) is 31.5 Å². The minimum absolute atomic E-state index is 0.124. The van der Waals surface area contributed by atoms with Crippen molar-refractivity contribution in [2.24, 2.45) is 0 Å². The van der Waals surface area contributed by atoms with Crippen molar-refractivity contribution in [3.05, 3.63) is 93.8 Å². The summed E-state index contributed by atoms with van der Waals surface area (Å²) in [6.45, 7) is 4.64. The molecule has 5 rings (SSSR count). The molecule has 1 amide bonds. The fourth-order valence-electron chi connectivity index (χ4n) is 4.61. The minimum Gasteiger partial charge on any atom is -0.497 e. The molecule has 198 valence electrons. The second-order valence-electron chi connectivity index (χ2n) is 9.14. The number of hydrogen-bond acceptors (Lipinski definition) is 8. The third-order valence-electron chi connectivity index (χ3n) is 6.74. The van der Waals surface area contributed by atoms with E-state index in [1.807, 2.05) is 48.2 Å². The molecule has 3 aromatic heterocycles. The van der Waals surface area contributed by atoms with E-state index in [-0.39, 0.29) is 23.2 Å². The highest BCUT2D eigenvalue weighted by atomic mass is 16.5. The van der Waals surface area contributed by atoms with Crippen molar-refractivity contribution in [2.75, 3.05) is 43.1 Å². The zero-order valence-corrected chi connectivity index (χ0v) is 21.8. The topological polar surface area (TPSA) is 116 Å². The van der Waals surface area contributed by atoms with Gasteiger partial charge < -0.3 is 24.3 Å². The lowest BCUT2D eigenvalue weighted by molar-refractivity contribution is -0.117. The van der Waals surface area contributed by atoms with Crippen molar-refractivity contribution in [3.63, 3.8) is 0 Å². The molecule has 4 heterocycles. The molecule has 0 atom stereocenters. The Morgan fingerprint density at radius 1 is 1.13 bits per heavy atom. The van der Waals surface area contributed by atoms with Gasteiger partial charge >= 0.3 is 0 Å². The standard InChI is InChI=1S/C29H28N6O4/c1-20-5-3-11-35-26(20)32-27(34-14-12-33(13-15-34)22-7-9-23(38-2)10-8-22)25(29(35)37)17-21(18-30)28(36)31-19-24-6-4-16-39-24/h3-11,16-17H,12-15,19H2,1-2H3,(H,31,36)/b21-17+. The lowest BCUT2D eigenvalue weighted by Crippen LogP contribution is -2.47. The number of nitriles is 1. The van der Waals surface area contributed by atoms with Gasteiger partial charge in [0.25, 0.3) is 11.5 Å². The van der Waals surface area contributed by atoms with Crippen LogP contribution >= 0.6 is 0 Å². The summed E-state index contributed by atoms with van der Waals surface area (Å²) in [6, 6.07) is 16.9. The van der Waals surface area contributed by atoms with Crippen molar-refractivity contribution < 1.29 is 13.9 Å². The van der Waals surface area contributed by atoms with E-state index in [2.05, 4.69) is 10.2 Å². The van der Waals surface area contributed by atoms with Crippen molar-refractivity contribution in [1.29, 1.82) is 5.26 Å². The molecule has 1 aromatic carbocycles. The normalized spacial score (nSPS) is 13.8. The summed E-state index contributed by atoms with van der Waals surface area (Å²) in [5.41, 5.74) is 2.13. The number of carbonyl (C=O) groups excluding carboxylic acids is 1. The zero-order valence-electron chi connectivity index (χ0n) is 21.8. The van der Waals surface area contributed by atoms with Gasteiger partial charge in [-0.1, -0.05) is 6.07 Å². The third kappa shape index (κ3) is 5.33. The molecule has 10 nitrogen and oxygen atoms in total. The maximum Gasteiger partial charge on any atom is 0.267 e. The molecule has 10 heteroatoms. The van der Waals surface area contributed by atoms with Gasteiger partial charge in [-0.3, -0.25) is 14.0 Å². The first-order valence-electron chi connectivity index (χ1n) is 12.6. The molecular formula is C29H28N6O4. The number of benzene rings is 1. The van der Waals surface area contributed by atoms with Gasteiger partial charge in [0.15, 0.2) is 0 Å². The Kier molecular flexibility index (Phi) is 7.32. The Labute approximate surface area is 225 Å². The Balaban J connectivity index is 1.47.